The average molecular weight is 531 g/mol. The number of halogens is 1. The molecule has 8 nitrogen and oxygen atoms in total. The minimum Gasteiger partial charge on any atom is -0.352 e. The van der Waals surface area contributed by atoms with Gasteiger partial charge < -0.3 is 10.6 Å². The fraction of sp³-hybridized carbons (Fsp3) is 0.222. The van der Waals surface area contributed by atoms with E-state index in [4.69, 9.17) is 11.6 Å². The number of carbonyl (C=O) groups is 2. The number of nitriles is 1. The topological polar surface area (TPSA) is 113 Å². The summed E-state index contributed by atoms with van der Waals surface area (Å²) in [6.07, 6.45) is 4.30. The highest BCUT2D eigenvalue weighted by atomic mass is 35.5. The average Bonchev–Trinajstić information content (AvgIpc) is 3.40. The summed E-state index contributed by atoms with van der Waals surface area (Å²) in [5.74, 6) is 0.00265. The standard InChI is InChI=1S/C27H23ClN6O2S/c1-16-9-19(13-29)11-21(26(35)31-14-17-4-5-17)24(16)32-27(36)23-12-20(10-18-6-8-37-15-18)33-34(23)25-22(28)3-2-7-30-25/h2-3,6-9,11-12,15,17H,4-5,10,14H2,1H3,(H,31,35)(H,32,36). The fourth-order valence-corrected chi connectivity index (χ4v) is 4.87. The normalized spacial score (nSPS) is 12.7. The summed E-state index contributed by atoms with van der Waals surface area (Å²) in [5.41, 5.74) is 3.50. The Labute approximate surface area is 222 Å². The van der Waals surface area contributed by atoms with Gasteiger partial charge >= 0.3 is 0 Å². The van der Waals surface area contributed by atoms with Crippen molar-refractivity contribution in [3.8, 4) is 11.9 Å². The molecule has 0 saturated heterocycles. The van der Waals surface area contributed by atoms with Crippen LogP contribution in [0.25, 0.3) is 5.82 Å². The van der Waals surface area contributed by atoms with Crippen LogP contribution < -0.4 is 10.6 Å². The van der Waals surface area contributed by atoms with Gasteiger partial charge in [-0.25, -0.2) is 9.67 Å². The van der Waals surface area contributed by atoms with Gasteiger partial charge in [-0.05, 0) is 84.0 Å². The van der Waals surface area contributed by atoms with Crippen LogP contribution in [0.5, 0.6) is 0 Å². The quantitative estimate of drug-likeness (QED) is 0.327. The highest BCUT2D eigenvalue weighted by Crippen LogP contribution is 2.29. The Kier molecular flexibility index (Phi) is 7.04. The summed E-state index contributed by atoms with van der Waals surface area (Å²) in [6.45, 7) is 2.32. The second kappa shape index (κ2) is 10.5. The number of nitrogens with zero attached hydrogens (tertiary/aromatic N) is 4. The summed E-state index contributed by atoms with van der Waals surface area (Å²) in [5, 5.41) is 24.3. The van der Waals surface area contributed by atoms with Gasteiger partial charge in [-0.2, -0.15) is 21.7 Å². The lowest BCUT2D eigenvalue weighted by Crippen LogP contribution is -2.28. The molecule has 4 aromatic rings. The SMILES string of the molecule is Cc1cc(C#N)cc(C(=O)NCC2CC2)c1NC(=O)c1cc(Cc2ccsc2)nn1-c1ncccc1Cl. The van der Waals surface area contributed by atoms with E-state index in [1.807, 2.05) is 16.8 Å². The van der Waals surface area contributed by atoms with E-state index >= 15 is 0 Å². The van der Waals surface area contributed by atoms with Crippen molar-refractivity contribution in [1.82, 2.24) is 20.1 Å². The molecule has 1 aliphatic carbocycles. The van der Waals surface area contributed by atoms with Crippen LogP contribution >= 0.6 is 22.9 Å². The van der Waals surface area contributed by atoms with Gasteiger partial charge in [-0.3, -0.25) is 9.59 Å². The molecule has 3 aromatic heterocycles. The Bertz CT molecular complexity index is 1520. The van der Waals surface area contributed by atoms with Crippen molar-refractivity contribution in [3.63, 3.8) is 0 Å². The number of hydrogen-bond donors (Lipinski definition) is 2. The number of thiophene rings is 1. The Balaban J connectivity index is 1.51. The van der Waals surface area contributed by atoms with Crippen molar-refractivity contribution < 1.29 is 9.59 Å². The lowest BCUT2D eigenvalue weighted by atomic mass is 10.0. The fourth-order valence-electron chi connectivity index (χ4n) is 4.00. The molecule has 1 aromatic carbocycles. The van der Waals surface area contributed by atoms with Crippen LogP contribution in [-0.2, 0) is 6.42 Å². The van der Waals surface area contributed by atoms with Crippen LogP contribution in [0, 0.1) is 24.2 Å². The molecule has 2 amide bonds. The van der Waals surface area contributed by atoms with E-state index in [1.165, 1.54) is 10.7 Å². The van der Waals surface area contributed by atoms with E-state index in [1.54, 1.807) is 48.7 Å². The smallest absolute Gasteiger partial charge is 0.274 e. The molecule has 0 atom stereocenters. The molecule has 3 heterocycles. The molecule has 0 unspecified atom stereocenters. The zero-order valence-electron chi connectivity index (χ0n) is 20.0. The second-order valence-electron chi connectivity index (χ2n) is 8.98. The summed E-state index contributed by atoms with van der Waals surface area (Å²) < 4.78 is 1.42. The van der Waals surface area contributed by atoms with Crippen molar-refractivity contribution in [2.45, 2.75) is 26.2 Å². The van der Waals surface area contributed by atoms with Gasteiger partial charge in [0.2, 0.25) is 0 Å². The predicted octanol–water partition coefficient (Wildman–Crippen LogP) is 5.15. The van der Waals surface area contributed by atoms with Crippen molar-refractivity contribution in [2.75, 3.05) is 11.9 Å². The third-order valence-electron chi connectivity index (χ3n) is 6.09. The van der Waals surface area contributed by atoms with Gasteiger partial charge in [0.25, 0.3) is 11.8 Å². The molecule has 10 heteroatoms. The van der Waals surface area contributed by atoms with E-state index in [2.05, 4.69) is 26.8 Å². The monoisotopic (exact) mass is 530 g/mol. The molecule has 0 aliphatic heterocycles. The highest BCUT2D eigenvalue weighted by Gasteiger charge is 2.25. The molecule has 37 heavy (non-hydrogen) atoms. The first-order valence-electron chi connectivity index (χ1n) is 11.8. The largest absolute Gasteiger partial charge is 0.352 e. The molecule has 186 valence electrons. The van der Waals surface area contributed by atoms with Crippen molar-refractivity contribution in [2.24, 2.45) is 5.92 Å². The van der Waals surface area contributed by atoms with Crippen molar-refractivity contribution in [3.05, 3.63) is 92.0 Å². The van der Waals surface area contributed by atoms with Crippen LogP contribution in [0.2, 0.25) is 5.02 Å². The van der Waals surface area contributed by atoms with Crippen LogP contribution in [-0.4, -0.2) is 33.1 Å². The second-order valence-corrected chi connectivity index (χ2v) is 10.2. The molecular weight excluding hydrogens is 508 g/mol. The van der Waals surface area contributed by atoms with E-state index in [0.717, 1.165) is 18.4 Å². The van der Waals surface area contributed by atoms with Crippen LogP contribution in [0.15, 0.2) is 53.4 Å². The number of rotatable bonds is 8. The minimum absolute atomic E-state index is 0.221. The zero-order chi connectivity index (χ0) is 25.9. The molecule has 5 rings (SSSR count). The number of pyridine rings is 1. The molecule has 0 spiro atoms. The maximum atomic E-state index is 13.7. The summed E-state index contributed by atoms with van der Waals surface area (Å²) in [4.78, 5) is 31.0. The molecule has 0 radical (unpaired) electrons. The van der Waals surface area contributed by atoms with Gasteiger partial charge in [0, 0.05) is 19.2 Å². The molecule has 1 aliphatic rings. The third kappa shape index (κ3) is 5.56. The maximum Gasteiger partial charge on any atom is 0.274 e. The number of anilines is 1. The van der Waals surface area contributed by atoms with Crippen LogP contribution in [0.4, 0.5) is 5.69 Å². The Morgan fingerprint density at radius 2 is 2.08 bits per heavy atom. The summed E-state index contributed by atoms with van der Waals surface area (Å²) in [6, 6.07) is 12.3. The van der Waals surface area contributed by atoms with Gasteiger partial charge in [-0.15, -0.1) is 0 Å². The molecule has 0 bridgehead atoms. The number of amides is 2. The molecule has 2 N–H and O–H groups in total. The number of aromatic nitrogens is 3. The van der Waals surface area contributed by atoms with Gasteiger partial charge in [0.1, 0.15) is 5.69 Å². The Hall–Kier alpha value is -4.00. The number of nitrogens with one attached hydrogen (secondary N) is 2. The van der Waals surface area contributed by atoms with Crippen molar-refractivity contribution >= 4 is 40.4 Å². The van der Waals surface area contributed by atoms with Gasteiger partial charge in [0.15, 0.2) is 5.82 Å². The third-order valence-corrected chi connectivity index (χ3v) is 7.12. The number of benzene rings is 1. The minimum atomic E-state index is -0.477. The number of hydrogen-bond acceptors (Lipinski definition) is 6. The number of carbonyl (C=O) groups excluding carboxylic acids is 2. The summed E-state index contributed by atoms with van der Waals surface area (Å²) in [7, 11) is 0. The summed E-state index contributed by atoms with van der Waals surface area (Å²) >= 11 is 7.99. The zero-order valence-corrected chi connectivity index (χ0v) is 21.6. The lowest BCUT2D eigenvalue weighted by molar-refractivity contribution is 0.0952. The van der Waals surface area contributed by atoms with E-state index in [-0.39, 0.29) is 17.2 Å². The first-order chi connectivity index (χ1) is 17.9. The van der Waals surface area contributed by atoms with E-state index < -0.39 is 5.91 Å². The first-order valence-corrected chi connectivity index (χ1v) is 13.1. The predicted molar refractivity (Wildman–Crippen MR) is 142 cm³/mol. The van der Waals surface area contributed by atoms with E-state index in [0.29, 0.717) is 52.2 Å². The lowest BCUT2D eigenvalue weighted by Gasteiger charge is -2.15. The van der Waals surface area contributed by atoms with Crippen LogP contribution in [0.3, 0.4) is 0 Å². The molecule has 1 fully saturated rings. The maximum absolute atomic E-state index is 13.7. The van der Waals surface area contributed by atoms with Gasteiger partial charge in [-0.1, -0.05) is 11.6 Å². The van der Waals surface area contributed by atoms with Crippen LogP contribution in [0.1, 0.15) is 56.1 Å². The molecule has 1 saturated carbocycles. The first kappa shape index (κ1) is 24.7. The van der Waals surface area contributed by atoms with Gasteiger partial charge in [0.05, 0.1) is 33.6 Å². The number of aryl methyl sites for hydroxylation is 1. The Morgan fingerprint density at radius 1 is 1.24 bits per heavy atom. The Morgan fingerprint density at radius 3 is 2.78 bits per heavy atom. The van der Waals surface area contributed by atoms with E-state index in [9.17, 15) is 14.9 Å². The highest BCUT2D eigenvalue weighted by molar-refractivity contribution is 7.07. The molecular formula is C27H23ClN6O2S. The van der Waals surface area contributed by atoms with Crippen molar-refractivity contribution in [1.29, 1.82) is 5.26 Å².